The number of hydrogen-bond acceptors (Lipinski definition) is 2. The smallest absolute Gasteiger partial charge is 0.0917 e. The molecule has 27 heavy (non-hydrogen) atoms. The summed E-state index contributed by atoms with van der Waals surface area (Å²) in [7, 11) is 0. The van der Waals surface area contributed by atoms with Crippen LogP contribution in [0.3, 0.4) is 0 Å². The first-order valence-electron chi connectivity index (χ1n) is 10.1. The molecule has 3 rings (SSSR count). The summed E-state index contributed by atoms with van der Waals surface area (Å²) in [5.74, 6) is 0. The van der Waals surface area contributed by atoms with E-state index in [9.17, 15) is 5.11 Å². The van der Waals surface area contributed by atoms with E-state index in [-0.39, 0.29) is 0 Å². The lowest BCUT2D eigenvalue weighted by Gasteiger charge is -2.25. The Kier molecular flexibility index (Phi) is 7.12. The molecule has 1 atom stereocenters. The maximum Gasteiger partial charge on any atom is 0.0917 e. The van der Waals surface area contributed by atoms with Gasteiger partial charge in [0.1, 0.15) is 0 Å². The molecule has 1 N–H and O–H groups in total. The largest absolute Gasteiger partial charge is 0.387 e. The van der Waals surface area contributed by atoms with Crippen molar-refractivity contribution in [1.82, 2.24) is 4.90 Å². The maximum atomic E-state index is 10.9. The van der Waals surface area contributed by atoms with Crippen LogP contribution in [0.2, 0.25) is 5.02 Å². The second kappa shape index (κ2) is 9.54. The zero-order chi connectivity index (χ0) is 19.2. The standard InChI is InChI=1S/C24H30ClNO/c1-3-5-13-26(14-6-4-2)17-24(27)19-12-11-18-16-23(25)21-10-8-7-9-20(21)22(18)15-19/h7-12,15-16,24,27H,3-6,13-14,17H2,1-2H3. The van der Waals surface area contributed by atoms with Gasteiger partial charge in [-0.05, 0) is 59.8 Å². The molecule has 1 unspecified atom stereocenters. The fourth-order valence-corrected chi connectivity index (χ4v) is 3.97. The zero-order valence-electron chi connectivity index (χ0n) is 16.4. The summed E-state index contributed by atoms with van der Waals surface area (Å²) >= 11 is 6.45. The third kappa shape index (κ3) is 4.82. The van der Waals surface area contributed by atoms with Gasteiger partial charge in [-0.15, -0.1) is 0 Å². The lowest BCUT2D eigenvalue weighted by molar-refractivity contribution is 0.111. The van der Waals surface area contributed by atoms with Gasteiger partial charge in [0.15, 0.2) is 0 Å². The number of aliphatic hydroxyl groups excluding tert-OH is 1. The Balaban J connectivity index is 1.89. The Morgan fingerprint density at radius 2 is 1.56 bits per heavy atom. The van der Waals surface area contributed by atoms with Crippen molar-refractivity contribution in [3.8, 4) is 0 Å². The second-order valence-electron chi connectivity index (χ2n) is 7.41. The average molecular weight is 384 g/mol. The van der Waals surface area contributed by atoms with Gasteiger partial charge in [0, 0.05) is 17.0 Å². The van der Waals surface area contributed by atoms with E-state index < -0.39 is 6.10 Å². The molecular weight excluding hydrogens is 354 g/mol. The van der Waals surface area contributed by atoms with Crippen LogP contribution in [-0.2, 0) is 0 Å². The number of nitrogens with zero attached hydrogens (tertiary/aromatic N) is 1. The van der Waals surface area contributed by atoms with E-state index in [1.54, 1.807) is 0 Å². The van der Waals surface area contributed by atoms with Gasteiger partial charge in [0.25, 0.3) is 0 Å². The number of unbranched alkanes of at least 4 members (excludes halogenated alkanes) is 2. The summed E-state index contributed by atoms with van der Waals surface area (Å²) < 4.78 is 0. The molecule has 3 heteroatoms. The summed E-state index contributed by atoms with van der Waals surface area (Å²) in [6.07, 6.45) is 4.25. The lowest BCUT2D eigenvalue weighted by atomic mass is 9.98. The molecule has 0 fully saturated rings. The number of benzene rings is 3. The minimum atomic E-state index is -0.474. The molecule has 0 aliphatic carbocycles. The van der Waals surface area contributed by atoms with Crippen LogP contribution in [0.1, 0.15) is 51.2 Å². The van der Waals surface area contributed by atoms with Crippen molar-refractivity contribution in [1.29, 1.82) is 0 Å². The van der Waals surface area contributed by atoms with Crippen LogP contribution in [0.15, 0.2) is 48.5 Å². The van der Waals surface area contributed by atoms with E-state index in [1.165, 1.54) is 25.7 Å². The first-order chi connectivity index (χ1) is 13.1. The summed E-state index contributed by atoms with van der Waals surface area (Å²) in [6.45, 7) is 7.23. The van der Waals surface area contributed by atoms with Gasteiger partial charge in [-0.25, -0.2) is 0 Å². The van der Waals surface area contributed by atoms with Crippen molar-refractivity contribution in [3.05, 3.63) is 59.1 Å². The van der Waals surface area contributed by atoms with E-state index in [1.807, 2.05) is 24.3 Å². The molecule has 0 saturated carbocycles. The number of aliphatic hydroxyl groups is 1. The zero-order valence-corrected chi connectivity index (χ0v) is 17.2. The predicted octanol–water partition coefficient (Wildman–Crippen LogP) is 6.58. The van der Waals surface area contributed by atoms with Gasteiger partial charge in [-0.1, -0.05) is 74.7 Å². The molecule has 3 aromatic carbocycles. The lowest BCUT2D eigenvalue weighted by Crippen LogP contribution is -2.30. The second-order valence-corrected chi connectivity index (χ2v) is 7.82. The van der Waals surface area contributed by atoms with Crippen LogP contribution in [0.4, 0.5) is 0 Å². The number of fused-ring (bicyclic) bond motifs is 3. The summed E-state index contributed by atoms with van der Waals surface area (Å²) in [6, 6.07) is 16.5. The highest BCUT2D eigenvalue weighted by molar-refractivity contribution is 6.37. The van der Waals surface area contributed by atoms with Crippen LogP contribution in [0, 0.1) is 0 Å². The minimum absolute atomic E-state index is 0.474. The SMILES string of the molecule is CCCCN(CCCC)CC(O)c1ccc2cc(Cl)c3ccccc3c2c1. The van der Waals surface area contributed by atoms with Gasteiger partial charge < -0.3 is 10.0 Å². The number of hydrogen-bond donors (Lipinski definition) is 1. The van der Waals surface area contributed by atoms with Crippen LogP contribution >= 0.6 is 11.6 Å². The third-order valence-electron chi connectivity index (χ3n) is 5.31. The molecule has 0 amide bonds. The number of rotatable bonds is 9. The van der Waals surface area contributed by atoms with E-state index in [2.05, 4.69) is 43.0 Å². The third-order valence-corrected chi connectivity index (χ3v) is 5.62. The highest BCUT2D eigenvalue weighted by Crippen LogP contribution is 2.33. The summed E-state index contributed by atoms with van der Waals surface area (Å²) in [5.41, 5.74) is 0.980. The molecule has 0 bridgehead atoms. The summed E-state index contributed by atoms with van der Waals surface area (Å²) in [5, 5.41) is 16.2. The Labute approximate surface area is 167 Å². The predicted molar refractivity (Wildman–Crippen MR) is 118 cm³/mol. The van der Waals surface area contributed by atoms with E-state index >= 15 is 0 Å². The van der Waals surface area contributed by atoms with Crippen LogP contribution < -0.4 is 0 Å². The molecular formula is C24H30ClNO. The van der Waals surface area contributed by atoms with Gasteiger partial charge in [0.05, 0.1) is 6.10 Å². The Morgan fingerprint density at radius 3 is 2.22 bits per heavy atom. The van der Waals surface area contributed by atoms with Crippen molar-refractivity contribution < 1.29 is 5.11 Å². The quantitative estimate of drug-likeness (QED) is 0.421. The van der Waals surface area contributed by atoms with Crippen LogP contribution in [0.25, 0.3) is 21.5 Å². The van der Waals surface area contributed by atoms with Gasteiger partial charge in [0.2, 0.25) is 0 Å². The van der Waals surface area contributed by atoms with Gasteiger partial charge in [-0.2, -0.15) is 0 Å². The fourth-order valence-electron chi connectivity index (χ4n) is 3.69. The minimum Gasteiger partial charge on any atom is -0.387 e. The average Bonchev–Trinajstić information content (AvgIpc) is 2.70. The highest BCUT2D eigenvalue weighted by Gasteiger charge is 2.15. The van der Waals surface area contributed by atoms with Gasteiger partial charge >= 0.3 is 0 Å². The molecule has 0 saturated heterocycles. The molecule has 3 aromatic rings. The van der Waals surface area contributed by atoms with Crippen molar-refractivity contribution in [2.75, 3.05) is 19.6 Å². The monoisotopic (exact) mass is 383 g/mol. The Bertz CT molecular complexity index is 884. The summed E-state index contributed by atoms with van der Waals surface area (Å²) in [4.78, 5) is 2.40. The molecule has 0 aromatic heterocycles. The molecule has 0 heterocycles. The van der Waals surface area contributed by atoms with Crippen molar-refractivity contribution in [2.24, 2.45) is 0 Å². The van der Waals surface area contributed by atoms with Gasteiger partial charge in [-0.3, -0.25) is 0 Å². The molecule has 0 aliphatic rings. The number of halogens is 1. The van der Waals surface area contributed by atoms with Crippen LogP contribution in [0.5, 0.6) is 0 Å². The van der Waals surface area contributed by atoms with E-state index in [4.69, 9.17) is 11.6 Å². The van der Waals surface area contributed by atoms with Crippen molar-refractivity contribution >= 4 is 33.1 Å². The Morgan fingerprint density at radius 1 is 0.889 bits per heavy atom. The topological polar surface area (TPSA) is 23.5 Å². The van der Waals surface area contributed by atoms with Crippen molar-refractivity contribution in [2.45, 2.75) is 45.6 Å². The first kappa shape index (κ1) is 20.1. The fraction of sp³-hybridized carbons (Fsp3) is 0.417. The molecule has 144 valence electrons. The van der Waals surface area contributed by atoms with Crippen LogP contribution in [-0.4, -0.2) is 29.6 Å². The molecule has 0 spiro atoms. The Hall–Kier alpha value is -1.61. The van der Waals surface area contributed by atoms with Crippen molar-refractivity contribution in [3.63, 3.8) is 0 Å². The molecule has 0 aliphatic heterocycles. The highest BCUT2D eigenvalue weighted by atomic mass is 35.5. The first-order valence-corrected chi connectivity index (χ1v) is 10.5. The van der Waals surface area contributed by atoms with E-state index in [0.717, 1.165) is 45.2 Å². The molecule has 0 radical (unpaired) electrons. The van der Waals surface area contributed by atoms with E-state index in [0.29, 0.717) is 6.54 Å². The maximum absolute atomic E-state index is 10.9. The molecule has 2 nitrogen and oxygen atoms in total. The normalized spacial score (nSPS) is 12.9.